The van der Waals surface area contributed by atoms with Crippen molar-refractivity contribution in [3.63, 3.8) is 0 Å². The van der Waals surface area contributed by atoms with E-state index in [0.29, 0.717) is 18.5 Å². The number of alkyl halides is 2. The largest absolute Gasteiger partial charge is 0.457 e. The summed E-state index contributed by atoms with van der Waals surface area (Å²) in [7, 11) is -3.40. The zero-order valence-corrected chi connectivity index (χ0v) is 30.7. The summed E-state index contributed by atoms with van der Waals surface area (Å²) in [5.74, 6) is -0.783. The van der Waals surface area contributed by atoms with Crippen LogP contribution in [0.4, 0.5) is 0 Å². The van der Waals surface area contributed by atoms with Crippen molar-refractivity contribution in [2.24, 2.45) is 0 Å². The molecule has 0 saturated carbocycles. The number of hydrogen-bond donors (Lipinski definition) is 2. The van der Waals surface area contributed by atoms with E-state index < -0.39 is 46.0 Å². The van der Waals surface area contributed by atoms with Gasteiger partial charge in [0, 0.05) is 5.33 Å². The van der Waals surface area contributed by atoms with E-state index in [1.165, 1.54) is 0 Å². The highest BCUT2D eigenvalue weighted by Crippen LogP contribution is 2.37. The number of hydrogen-bond acceptors (Lipinski definition) is 9. The van der Waals surface area contributed by atoms with Gasteiger partial charge in [-0.15, -0.1) is 10.1 Å². The highest BCUT2D eigenvalue weighted by atomic mass is 79.9. The molecule has 0 radical (unpaired) electrons. The minimum atomic E-state index is -1.79. The molecule has 0 rings (SSSR count). The van der Waals surface area contributed by atoms with Gasteiger partial charge in [-0.3, -0.25) is 0 Å². The van der Waals surface area contributed by atoms with Crippen molar-refractivity contribution in [1.29, 1.82) is 0 Å². The first-order valence-electron chi connectivity index (χ1n) is 13.0. The number of aliphatic hydroxyl groups is 2. The predicted octanol–water partition coefficient (Wildman–Crippen LogP) is 6.59. The summed E-state index contributed by atoms with van der Waals surface area (Å²) in [6.07, 6.45) is 6.25. The normalized spacial score (nSPS) is 14.9. The second-order valence-corrected chi connectivity index (χ2v) is 22.8. The van der Waals surface area contributed by atoms with Gasteiger partial charge in [-0.1, -0.05) is 87.3 Å². The molecule has 3 atom stereocenters. The molecule has 238 valence electrons. The van der Waals surface area contributed by atoms with E-state index in [-0.39, 0.29) is 16.2 Å². The molecule has 0 aromatic rings. The van der Waals surface area contributed by atoms with Gasteiger partial charge in [0.2, 0.25) is 0 Å². The average Bonchev–Trinajstić information content (AvgIpc) is 2.77. The van der Waals surface area contributed by atoms with Crippen LogP contribution in [-0.2, 0) is 23.2 Å². The van der Waals surface area contributed by atoms with Crippen LogP contribution in [0.3, 0.4) is 0 Å². The molecule has 40 heavy (non-hydrogen) atoms. The van der Waals surface area contributed by atoms with Crippen LogP contribution < -0.4 is 0 Å². The summed E-state index contributed by atoms with van der Waals surface area (Å²) < 4.78 is 16.7. The second-order valence-electron chi connectivity index (χ2n) is 12.0. The van der Waals surface area contributed by atoms with Gasteiger partial charge in [-0.2, -0.15) is 0 Å². The molecule has 0 aliphatic rings. The van der Waals surface area contributed by atoms with Crippen molar-refractivity contribution >= 4 is 50.1 Å². The molecule has 0 aliphatic carbocycles. The van der Waals surface area contributed by atoms with Crippen molar-refractivity contribution in [3.05, 3.63) is 34.4 Å². The standard InChI is InChI=1S/C13H25NO6Si.C11H24O2Si.C2H4BrClO/c1-11(20-12(15)10-18-14(16)17)8-7-9-19-21(5,6)13(2,3)4;1-10(12)8-7-9-13-14(5,6)11(2,3)4;3-1-2(4)5/h7-8,11H,9-10H2,1-6H3;7-8,10,12H,9H2,1-6H3;2,5H,1H2/b2*8-7-;/t11-;10-;/m00./s1. The first-order valence-corrected chi connectivity index (χ1v) is 20.4. The highest BCUT2D eigenvalue weighted by Gasteiger charge is 2.37. The van der Waals surface area contributed by atoms with E-state index in [1.807, 2.05) is 6.08 Å². The third kappa shape index (κ3) is 24.9. The summed E-state index contributed by atoms with van der Waals surface area (Å²) >= 11 is 7.90. The molecule has 10 nitrogen and oxygen atoms in total. The number of esters is 1. The Hall–Kier alpha value is -0.806. The lowest BCUT2D eigenvalue weighted by Crippen LogP contribution is -2.40. The Labute approximate surface area is 256 Å². The molecule has 0 spiro atoms. The smallest absolute Gasteiger partial charge is 0.332 e. The van der Waals surface area contributed by atoms with Gasteiger partial charge < -0.3 is 28.6 Å². The molecule has 0 aliphatic heterocycles. The van der Waals surface area contributed by atoms with Gasteiger partial charge >= 0.3 is 5.97 Å². The van der Waals surface area contributed by atoms with Crippen molar-refractivity contribution < 1.29 is 38.5 Å². The Morgan fingerprint density at radius 1 is 0.950 bits per heavy atom. The lowest BCUT2D eigenvalue weighted by atomic mass is 10.2. The molecule has 0 amide bonds. The van der Waals surface area contributed by atoms with Gasteiger partial charge in [-0.05, 0) is 56.2 Å². The first-order chi connectivity index (χ1) is 17.9. The molecule has 0 heterocycles. The van der Waals surface area contributed by atoms with Gasteiger partial charge in [0.05, 0.1) is 19.3 Å². The zero-order valence-electron chi connectivity index (χ0n) is 26.3. The van der Waals surface area contributed by atoms with E-state index in [0.717, 1.165) is 0 Å². The molecule has 0 aromatic heterocycles. The number of carbonyl (C=O) groups excluding carboxylic acids is 1. The SMILES string of the molecule is C[C@@H](/C=C\CO[Si](C)(C)C(C)(C)C)OC(=O)CO[N+](=O)[O-].C[C@H](O)/C=C\CO[Si](C)(C)C(C)(C)C.OC(Cl)CBr. The van der Waals surface area contributed by atoms with Crippen LogP contribution in [0.15, 0.2) is 24.3 Å². The van der Waals surface area contributed by atoms with Crippen molar-refractivity contribution in [2.75, 3.05) is 25.2 Å². The summed E-state index contributed by atoms with van der Waals surface area (Å²) in [6, 6.07) is 0. The van der Waals surface area contributed by atoms with Crippen molar-refractivity contribution in [2.45, 2.75) is 109 Å². The van der Waals surface area contributed by atoms with Gasteiger partial charge in [0.25, 0.3) is 5.09 Å². The number of rotatable bonds is 13. The van der Waals surface area contributed by atoms with Crippen LogP contribution in [0.5, 0.6) is 0 Å². The Morgan fingerprint density at radius 2 is 1.32 bits per heavy atom. The molecule has 0 saturated heterocycles. The number of carbonyl (C=O) groups is 1. The maximum atomic E-state index is 11.2. The van der Waals surface area contributed by atoms with Crippen molar-refractivity contribution in [3.8, 4) is 0 Å². The molecule has 0 bridgehead atoms. The Morgan fingerprint density at radius 3 is 1.62 bits per heavy atom. The molecule has 0 fully saturated rings. The minimum absolute atomic E-state index is 0.138. The summed E-state index contributed by atoms with van der Waals surface area (Å²) in [5.41, 5.74) is -0.727. The van der Waals surface area contributed by atoms with Crippen LogP contribution in [-0.4, -0.2) is 80.8 Å². The maximum absolute atomic E-state index is 11.2. The fourth-order valence-electron chi connectivity index (χ4n) is 1.83. The average molecular weight is 695 g/mol. The monoisotopic (exact) mass is 693 g/mol. The van der Waals surface area contributed by atoms with Crippen LogP contribution in [0.1, 0.15) is 55.4 Å². The van der Waals surface area contributed by atoms with E-state index in [1.54, 1.807) is 32.1 Å². The highest BCUT2D eigenvalue weighted by molar-refractivity contribution is 9.09. The minimum Gasteiger partial charge on any atom is -0.457 e. The lowest BCUT2D eigenvalue weighted by Gasteiger charge is -2.35. The van der Waals surface area contributed by atoms with Crippen LogP contribution in [0.2, 0.25) is 36.3 Å². The van der Waals surface area contributed by atoms with E-state index >= 15 is 0 Å². The van der Waals surface area contributed by atoms with Gasteiger partial charge in [0.15, 0.2) is 23.2 Å². The number of ether oxygens (including phenoxy) is 1. The number of nitrogens with zero attached hydrogens (tertiary/aromatic N) is 1. The van der Waals surface area contributed by atoms with Crippen LogP contribution >= 0.6 is 27.5 Å². The number of aliphatic hydroxyl groups excluding tert-OH is 2. The molecule has 0 aromatic carbocycles. The van der Waals surface area contributed by atoms with E-state index in [9.17, 15) is 14.9 Å². The quantitative estimate of drug-likeness (QED) is 0.0546. The van der Waals surface area contributed by atoms with Crippen LogP contribution in [0, 0.1) is 10.1 Å². The fourth-order valence-corrected chi connectivity index (χ4v) is 3.72. The van der Waals surface area contributed by atoms with Crippen molar-refractivity contribution in [1.82, 2.24) is 0 Å². The Bertz CT molecular complexity index is 766. The Balaban J connectivity index is -0.000000617. The third-order valence-electron chi connectivity index (χ3n) is 6.25. The van der Waals surface area contributed by atoms with E-state index in [4.69, 9.17) is 35.4 Å². The molecule has 1 unspecified atom stereocenters. The fraction of sp³-hybridized carbons (Fsp3) is 0.808. The predicted molar refractivity (Wildman–Crippen MR) is 170 cm³/mol. The molecular weight excluding hydrogens is 642 g/mol. The zero-order chi connectivity index (χ0) is 32.4. The summed E-state index contributed by atoms with van der Waals surface area (Å²) in [5, 5.41) is 26.8. The summed E-state index contributed by atoms with van der Waals surface area (Å²) in [6.45, 7) is 25.6. The van der Waals surface area contributed by atoms with E-state index in [2.05, 4.69) is 88.5 Å². The van der Waals surface area contributed by atoms with Gasteiger partial charge in [-0.25, -0.2) is 4.79 Å². The van der Waals surface area contributed by atoms with Crippen LogP contribution in [0.25, 0.3) is 0 Å². The molecule has 2 N–H and O–H groups in total. The third-order valence-corrected chi connectivity index (χ3v) is 16.4. The van der Waals surface area contributed by atoms with Gasteiger partial charge in [0.1, 0.15) is 11.7 Å². The molecule has 14 heteroatoms. The molecular formula is C26H53BrClNO9Si2. The topological polar surface area (TPSA) is 138 Å². The second kappa shape index (κ2) is 21.0. The summed E-state index contributed by atoms with van der Waals surface area (Å²) in [4.78, 5) is 25.0. The Kier molecular flexibility index (Phi) is 22.9. The number of halogens is 2. The first kappa shape index (κ1) is 43.6. The maximum Gasteiger partial charge on any atom is 0.332 e. The lowest BCUT2D eigenvalue weighted by molar-refractivity contribution is -0.754.